The average molecular weight is 246 g/mol. The van der Waals surface area contributed by atoms with E-state index in [2.05, 4.69) is 41.4 Å². The lowest BCUT2D eigenvalue weighted by Gasteiger charge is -2.28. The summed E-state index contributed by atoms with van der Waals surface area (Å²) in [4.78, 5) is 2.49. The van der Waals surface area contributed by atoms with Gasteiger partial charge in [-0.3, -0.25) is 0 Å². The van der Waals surface area contributed by atoms with Crippen LogP contribution < -0.4 is 15.0 Å². The molecule has 1 aromatic carbocycles. The van der Waals surface area contributed by atoms with Gasteiger partial charge < -0.3 is 15.0 Å². The Hall–Kier alpha value is -1.22. The maximum absolute atomic E-state index is 5.81. The molecule has 2 heterocycles. The fraction of sp³-hybridized carbons (Fsp3) is 0.600. The van der Waals surface area contributed by atoms with Crippen LogP contribution in [0, 0.1) is 5.92 Å². The number of hydrogen-bond donors (Lipinski definition) is 1. The number of ether oxygens (including phenoxy) is 1. The van der Waals surface area contributed by atoms with Crippen LogP contribution in [0.5, 0.6) is 5.75 Å². The van der Waals surface area contributed by atoms with Gasteiger partial charge >= 0.3 is 0 Å². The van der Waals surface area contributed by atoms with Crippen LogP contribution in [0.4, 0.5) is 5.69 Å². The van der Waals surface area contributed by atoms with Crippen molar-refractivity contribution in [1.82, 2.24) is 5.32 Å². The first-order valence-electron chi connectivity index (χ1n) is 7.05. The standard InChI is InChI=1S/C15H22N2O/c1-12-7-8-16-13(12)11-17-9-4-10-18-15-6-3-2-5-14(15)17/h2-3,5-6,12-13,16H,4,7-11H2,1H3. The maximum Gasteiger partial charge on any atom is 0.142 e. The van der Waals surface area contributed by atoms with E-state index in [0.29, 0.717) is 6.04 Å². The van der Waals surface area contributed by atoms with E-state index in [1.165, 1.54) is 12.1 Å². The van der Waals surface area contributed by atoms with Crippen molar-refractivity contribution in [2.75, 3.05) is 31.1 Å². The zero-order valence-corrected chi connectivity index (χ0v) is 11.1. The number of nitrogens with one attached hydrogen (secondary N) is 1. The van der Waals surface area contributed by atoms with E-state index in [4.69, 9.17) is 4.74 Å². The minimum Gasteiger partial charge on any atom is -0.491 e. The Bertz CT molecular complexity index is 407. The summed E-state index contributed by atoms with van der Waals surface area (Å²) in [6, 6.07) is 9.04. The number of rotatable bonds is 2. The highest BCUT2D eigenvalue weighted by atomic mass is 16.5. The fourth-order valence-electron chi connectivity index (χ4n) is 2.97. The fourth-order valence-corrected chi connectivity index (χ4v) is 2.97. The second-order valence-electron chi connectivity index (χ2n) is 5.44. The lowest BCUT2D eigenvalue weighted by atomic mass is 10.0. The molecule has 1 fully saturated rings. The largest absolute Gasteiger partial charge is 0.491 e. The zero-order chi connectivity index (χ0) is 12.4. The van der Waals surface area contributed by atoms with Crippen molar-refractivity contribution >= 4 is 5.69 Å². The molecule has 3 rings (SSSR count). The smallest absolute Gasteiger partial charge is 0.142 e. The first-order valence-corrected chi connectivity index (χ1v) is 7.05. The summed E-state index contributed by atoms with van der Waals surface area (Å²) in [7, 11) is 0. The second-order valence-corrected chi connectivity index (χ2v) is 5.44. The predicted molar refractivity (Wildman–Crippen MR) is 74.3 cm³/mol. The molecule has 1 aromatic rings. The highest BCUT2D eigenvalue weighted by Crippen LogP contribution is 2.31. The van der Waals surface area contributed by atoms with Gasteiger partial charge in [0.15, 0.2) is 0 Å². The number of anilines is 1. The Morgan fingerprint density at radius 2 is 2.28 bits per heavy atom. The molecule has 0 aliphatic carbocycles. The van der Waals surface area contributed by atoms with E-state index in [0.717, 1.165) is 44.3 Å². The molecule has 2 atom stereocenters. The van der Waals surface area contributed by atoms with Crippen molar-refractivity contribution in [3.63, 3.8) is 0 Å². The molecule has 98 valence electrons. The molecule has 2 aliphatic heterocycles. The van der Waals surface area contributed by atoms with Gasteiger partial charge in [-0.2, -0.15) is 0 Å². The molecule has 3 heteroatoms. The molecule has 0 bridgehead atoms. The monoisotopic (exact) mass is 246 g/mol. The summed E-state index contributed by atoms with van der Waals surface area (Å²) >= 11 is 0. The molecule has 0 saturated carbocycles. The van der Waals surface area contributed by atoms with Crippen molar-refractivity contribution < 1.29 is 4.74 Å². The van der Waals surface area contributed by atoms with Crippen molar-refractivity contribution in [2.24, 2.45) is 5.92 Å². The number of fused-ring (bicyclic) bond motifs is 1. The lowest BCUT2D eigenvalue weighted by Crippen LogP contribution is -2.40. The summed E-state index contributed by atoms with van der Waals surface area (Å²) in [5.74, 6) is 1.82. The van der Waals surface area contributed by atoms with E-state index in [9.17, 15) is 0 Å². The number of benzene rings is 1. The van der Waals surface area contributed by atoms with Gasteiger partial charge in [-0.25, -0.2) is 0 Å². The molecule has 1 saturated heterocycles. The highest BCUT2D eigenvalue weighted by Gasteiger charge is 2.26. The van der Waals surface area contributed by atoms with Gasteiger partial charge in [0.25, 0.3) is 0 Å². The van der Waals surface area contributed by atoms with Gasteiger partial charge in [0, 0.05) is 19.1 Å². The highest BCUT2D eigenvalue weighted by molar-refractivity contribution is 5.59. The van der Waals surface area contributed by atoms with Gasteiger partial charge in [-0.05, 0) is 37.4 Å². The molecular weight excluding hydrogens is 224 g/mol. The molecule has 0 spiro atoms. The first-order chi connectivity index (χ1) is 8.84. The van der Waals surface area contributed by atoms with Crippen LogP contribution >= 0.6 is 0 Å². The topological polar surface area (TPSA) is 24.5 Å². The molecule has 2 unspecified atom stereocenters. The predicted octanol–water partition coefficient (Wildman–Crippen LogP) is 2.27. The molecule has 0 aromatic heterocycles. The number of hydrogen-bond acceptors (Lipinski definition) is 3. The number of para-hydroxylation sites is 2. The van der Waals surface area contributed by atoms with Crippen LogP contribution in [0.3, 0.4) is 0 Å². The molecule has 0 radical (unpaired) electrons. The van der Waals surface area contributed by atoms with Gasteiger partial charge in [0.1, 0.15) is 5.75 Å². The summed E-state index contributed by atoms with van der Waals surface area (Å²) < 4.78 is 5.81. The molecule has 1 N–H and O–H groups in total. The zero-order valence-electron chi connectivity index (χ0n) is 11.1. The molecule has 18 heavy (non-hydrogen) atoms. The van der Waals surface area contributed by atoms with Crippen molar-refractivity contribution in [3.8, 4) is 5.75 Å². The average Bonchev–Trinajstić information content (AvgIpc) is 2.68. The van der Waals surface area contributed by atoms with Gasteiger partial charge in [-0.1, -0.05) is 19.1 Å². The van der Waals surface area contributed by atoms with E-state index < -0.39 is 0 Å². The third-order valence-corrected chi connectivity index (χ3v) is 4.15. The minimum atomic E-state index is 0.621. The molecule has 2 aliphatic rings. The van der Waals surface area contributed by atoms with Crippen LogP contribution in [0.15, 0.2) is 24.3 Å². The Morgan fingerprint density at radius 1 is 1.39 bits per heavy atom. The Morgan fingerprint density at radius 3 is 3.11 bits per heavy atom. The van der Waals surface area contributed by atoms with Crippen LogP contribution in [0.25, 0.3) is 0 Å². The molecular formula is C15H22N2O. The van der Waals surface area contributed by atoms with Crippen molar-refractivity contribution in [2.45, 2.75) is 25.8 Å². The molecule has 0 amide bonds. The Kier molecular flexibility index (Phi) is 3.41. The third kappa shape index (κ3) is 2.32. The number of nitrogens with zero attached hydrogens (tertiary/aromatic N) is 1. The molecule has 3 nitrogen and oxygen atoms in total. The summed E-state index contributed by atoms with van der Waals surface area (Å²) in [6.45, 7) is 6.55. The van der Waals surface area contributed by atoms with Crippen LogP contribution in [-0.4, -0.2) is 32.3 Å². The van der Waals surface area contributed by atoms with Gasteiger partial charge in [0.05, 0.1) is 12.3 Å². The summed E-state index contributed by atoms with van der Waals surface area (Å²) in [6.07, 6.45) is 2.41. The Labute approximate surface area is 109 Å². The van der Waals surface area contributed by atoms with E-state index in [-0.39, 0.29) is 0 Å². The van der Waals surface area contributed by atoms with Crippen molar-refractivity contribution in [3.05, 3.63) is 24.3 Å². The first kappa shape index (κ1) is 11.8. The van der Waals surface area contributed by atoms with E-state index >= 15 is 0 Å². The van der Waals surface area contributed by atoms with E-state index in [1.54, 1.807) is 0 Å². The third-order valence-electron chi connectivity index (χ3n) is 4.15. The normalized spacial score (nSPS) is 27.5. The van der Waals surface area contributed by atoms with Crippen molar-refractivity contribution in [1.29, 1.82) is 0 Å². The summed E-state index contributed by atoms with van der Waals surface area (Å²) in [5, 5.41) is 3.62. The maximum atomic E-state index is 5.81. The lowest BCUT2D eigenvalue weighted by molar-refractivity contribution is 0.322. The van der Waals surface area contributed by atoms with E-state index in [1.807, 2.05) is 0 Å². The second kappa shape index (κ2) is 5.19. The van der Waals surface area contributed by atoms with Gasteiger partial charge in [-0.15, -0.1) is 0 Å². The quantitative estimate of drug-likeness (QED) is 0.866. The van der Waals surface area contributed by atoms with Crippen LogP contribution in [-0.2, 0) is 0 Å². The SMILES string of the molecule is CC1CCNC1CN1CCCOc2ccccc21. The van der Waals surface area contributed by atoms with Crippen LogP contribution in [0.2, 0.25) is 0 Å². The van der Waals surface area contributed by atoms with Crippen LogP contribution in [0.1, 0.15) is 19.8 Å². The minimum absolute atomic E-state index is 0.621. The Balaban J connectivity index is 1.79. The van der Waals surface area contributed by atoms with Gasteiger partial charge in [0.2, 0.25) is 0 Å². The summed E-state index contributed by atoms with van der Waals surface area (Å²) in [5.41, 5.74) is 1.26.